The maximum Gasteiger partial charge on any atom is 0.133 e. The molecule has 0 aromatic heterocycles. The zero-order chi connectivity index (χ0) is 15.8. The number of methoxy groups -OCH3 is 1. The van der Waals surface area contributed by atoms with E-state index in [0.29, 0.717) is 17.6 Å². The second-order valence-corrected chi connectivity index (χ2v) is 7.82. The summed E-state index contributed by atoms with van der Waals surface area (Å²) in [5.41, 5.74) is 2.68. The minimum atomic E-state index is 0. The summed E-state index contributed by atoms with van der Waals surface area (Å²) in [5.74, 6) is 2.15. The van der Waals surface area contributed by atoms with Gasteiger partial charge in [0.2, 0.25) is 0 Å². The number of hydrogen-bond donors (Lipinski definition) is 1. The fraction of sp³-hybridized carbons (Fsp3) is 0.556. The number of allylic oxidation sites excluding steroid dienone is 2. The van der Waals surface area contributed by atoms with Crippen molar-refractivity contribution in [1.82, 2.24) is 0 Å². The first-order chi connectivity index (χ1) is 9.74. The molecule has 1 aromatic carbocycles. The van der Waals surface area contributed by atoms with Crippen molar-refractivity contribution in [3.63, 3.8) is 0 Å². The van der Waals surface area contributed by atoms with E-state index in [4.69, 9.17) is 4.74 Å². The molecule has 2 atom stereocenters. The number of halogens is 1. The SMILES string of the molecule is COc1cc(CC2C(C)C=C(C)CC2(C)C)c(O)cc1Br.[Ac]. The second-order valence-electron chi connectivity index (χ2n) is 6.96. The normalized spacial score (nSPS) is 23.5. The summed E-state index contributed by atoms with van der Waals surface area (Å²) in [5, 5.41) is 10.2. The second kappa shape index (κ2) is 8.04. The van der Waals surface area contributed by atoms with Gasteiger partial charge in [-0.25, -0.2) is 0 Å². The van der Waals surface area contributed by atoms with Crippen LogP contribution >= 0.6 is 15.9 Å². The van der Waals surface area contributed by atoms with Crippen LogP contribution in [0.5, 0.6) is 11.5 Å². The van der Waals surface area contributed by atoms with Crippen molar-refractivity contribution >= 4 is 15.9 Å². The zero-order valence-corrected chi connectivity index (χ0v) is 20.4. The molecule has 2 rings (SSSR count). The Morgan fingerprint density at radius 1 is 1.36 bits per heavy atom. The summed E-state index contributed by atoms with van der Waals surface area (Å²) in [6.45, 7) is 9.16. The third-order valence-corrected chi connectivity index (χ3v) is 5.33. The van der Waals surface area contributed by atoms with Crippen LogP contribution in [-0.2, 0) is 6.42 Å². The van der Waals surface area contributed by atoms with E-state index >= 15 is 0 Å². The molecule has 1 N–H and O–H groups in total. The van der Waals surface area contributed by atoms with E-state index in [9.17, 15) is 5.11 Å². The van der Waals surface area contributed by atoms with Gasteiger partial charge in [0.15, 0.2) is 0 Å². The first kappa shape index (κ1) is 20.5. The van der Waals surface area contributed by atoms with Gasteiger partial charge in [-0.1, -0.05) is 32.4 Å². The Hall–Kier alpha value is 0.482. The minimum Gasteiger partial charge on any atom is -0.508 e. The quantitative estimate of drug-likeness (QED) is 0.490. The molecule has 1 aliphatic rings. The van der Waals surface area contributed by atoms with Crippen LogP contribution in [0.1, 0.15) is 39.7 Å². The van der Waals surface area contributed by atoms with Gasteiger partial charge in [0.25, 0.3) is 0 Å². The molecule has 0 saturated heterocycles. The molecule has 2 unspecified atom stereocenters. The van der Waals surface area contributed by atoms with Crippen LogP contribution in [0.3, 0.4) is 0 Å². The molecule has 1 aliphatic carbocycles. The fourth-order valence-corrected chi connectivity index (χ4v) is 4.28. The van der Waals surface area contributed by atoms with Crippen molar-refractivity contribution in [2.45, 2.75) is 40.5 Å². The van der Waals surface area contributed by atoms with Gasteiger partial charge in [-0.3, -0.25) is 0 Å². The minimum absolute atomic E-state index is 0. The average Bonchev–Trinajstić information content (AvgIpc) is 2.35. The van der Waals surface area contributed by atoms with Crippen LogP contribution in [0.2, 0.25) is 0 Å². The number of phenols is 1. The van der Waals surface area contributed by atoms with Crippen molar-refractivity contribution < 1.29 is 53.9 Å². The van der Waals surface area contributed by atoms with E-state index in [1.54, 1.807) is 13.2 Å². The van der Waals surface area contributed by atoms with E-state index in [-0.39, 0.29) is 49.5 Å². The number of rotatable bonds is 3. The van der Waals surface area contributed by atoms with Gasteiger partial charge in [0, 0.05) is 44.1 Å². The van der Waals surface area contributed by atoms with E-state index < -0.39 is 0 Å². The van der Waals surface area contributed by atoms with Gasteiger partial charge in [0.05, 0.1) is 11.6 Å². The van der Waals surface area contributed by atoms with E-state index in [0.717, 1.165) is 28.6 Å². The van der Waals surface area contributed by atoms with E-state index in [1.165, 1.54) is 5.57 Å². The summed E-state index contributed by atoms with van der Waals surface area (Å²) in [6.07, 6.45) is 4.37. The monoisotopic (exact) mass is 579 g/mol. The van der Waals surface area contributed by atoms with Crippen molar-refractivity contribution in [2.75, 3.05) is 7.11 Å². The molecule has 1 radical (unpaired) electrons. The Morgan fingerprint density at radius 3 is 2.55 bits per heavy atom. The molecule has 4 heteroatoms. The maximum atomic E-state index is 10.2. The molecule has 119 valence electrons. The summed E-state index contributed by atoms with van der Waals surface area (Å²) in [6, 6.07) is 3.68. The standard InChI is InChI=1S/C18H25BrO2.Ac/c1-11-6-12(2)14(18(3,4)10-11)7-13-8-17(21-5)15(19)9-16(13)20;/h6,8-9,12,14,20H,7,10H2,1-5H3;. The van der Waals surface area contributed by atoms with Gasteiger partial charge in [-0.2, -0.15) is 0 Å². The van der Waals surface area contributed by atoms with Crippen LogP contribution in [0, 0.1) is 61.3 Å². The molecule has 0 spiro atoms. The van der Waals surface area contributed by atoms with E-state index in [1.807, 2.05) is 6.07 Å². The number of hydrogen-bond acceptors (Lipinski definition) is 2. The summed E-state index contributed by atoms with van der Waals surface area (Å²) in [4.78, 5) is 0. The molecule has 2 nitrogen and oxygen atoms in total. The fourth-order valence-electron chi connectivity index (χ4n) is 3.79. The largest absolute Gasteiger partial charge is 0.508 e. The Kier molecular flexibility index (Phi) is 7.50. The smallest absolute Gasteiger partial charge is 0.133 e. The molecule has 0 heterocycles. The Balaban J connectivity index is 0.00000242. The van der Waals surface area contributed by atoms with Crippen LogP contribution in [-0.4, -0.2) is 12.2 Å². The predicted octanol–water partition coefficient (Wildman–Crippen LogP) is 5.33. The van der Waals surface area contributed by atoms with Gasteiger partial charge in [0.1, 0.15) is 11.5 Å². The molecule has 0 aliphatic heterocycles. The molecule has 22 heavy (non-hydrogen) atoms. The predicted molar refractivity (Wildman–Crippen MR) is 90.9 cm³/mol. The Bertz CT molecular complexity index is 566. The van der Waals surface area contributed by atoms with Crippen molar-refractivity contribution in [2.24, 2.45) is 17.3 Å². The topological polar surface area (TPSA) is 29.5 Å². The van der Waals surface area contributed by atoms with Crippen LogP contribution in [0.4, 0.5) is 0 Å². The Labute approximate surface area is 178 Å². The summed E-state index contributed by atoms with van der Waals surface area (Å²) in [7, 11) is 1.65. The molecule has 0 saturated carbocycles. The van der Waals surface area contributed by atoms with E-state index in [2.05, 4.69) is 49.7 Å². The molecule has 0 fully saturated rings. The average molecular weight is 580 g/mol. The third kappa shape index (κ3) is 4.52. The third-order valence-electron chi connectivity index (χ3n) is 4.71. The molecule has 0 bridgehead atoms. The van der Waals surface area contributed by atoms with Gasteiger partial charge >= 0.3 is 0 Å². The van der Waals surface area contributed by atoms with Crippen molar-refractivity contribution in [3.05, 3.63) is 33.8 Å². The summed E-state index contributed by atoms with van der Waals surface area (Å²) >= 11 is 3.41. The number of phenolic OH excluding ortho intramolecular Hbond substituents is 1. The molecular formula is C18H25AcBrO2. The maximum absolute atomic E-state index is 10.2. The van der Waals surface area contributed by atoms with Crippen LogP contribution in [0.15, 0.2) is 28.3 Å². The van der Waals surface area contributed by atoms with Crippen molar-refractivity contribution in [3.8, 4) is 11.5 Å². The molecule has 0 amide bonds. The van der Waals surface area contributed by atoms with Gasteiger partial charge in [-0.15, -0.1) is 0 Å². The molecular weight excluding hydrogens is 555 g/mol. The Morgan fingerprint density at radius 2 is 2.00 bits per heavy atom. The van der Waals surface area contributed by atoms with Crippen molar-refractivity contribution in [1.29, 1.82) is 0 Å². The van der Waals surface area contributed by atoms with Gasteiger partial charge < -0.3 is 9.84 Å². The number of ether oxygens (including phenoxy) is 1. The van der Waals surface area contributed by atoms with Crippen LogP contribution < -0.4 is 4.74 Å². The summed E-state index contributed by atoms with van der Waals surface area (Å²) < 4.78 is 6.15. The number of benzene rings is 1. The first-order valence-electron chi connectivity index (χ1n) is 7.47. The molecule has 1 aromatic rings. The van der Waals surface area contributed by atoms with Crippen LogP contribution in [0.25, 0.3) is 0 Å². The number of aromatic hydroxyl groups is 1. The van der Waals surface area contributed by atoms with Gasteiger partial charge in [-0.05, 0) is 70.6 Å². The zero-order valence-electron chi connectivity index (χ0n) is 14.1. The first-order valence-corrected chi connectivity index (χ1v) is 8.26.